The number of nitrogens with zero attached hydrogens (tertiary/aromatic N) is 1. The maximum Gasteiger partial charge on any atom is 0.254 e. The third-order valence-electron chi connectivity index (χ3n) is 3.44. The van der Waals surface area contributed by atoms with Gasteiger partial charge in [0.15, 0.2) is 0 Å². The van der Waals surface area contributed by atoms with E-state index in [0.717, 1.165) is 5.75 Å². The normalized spacial score (nSPS) is 18.6. The molecule has 1 fully saturated rings. The molecule has 1 heterocycles. The van der Waals surface area contributed by atoms with Crippen molar-refractivity contribution in [3.63, 3.8) is 0 Å². The molecule has 5 heteroatoms. The molecule has 1 aromatic rings. The zero-order chi connectivity index (χ0) is 15.4. The number of rotatable bonds is 4. The Morgan fingerprint density at radius 3 is 2.67 bits per heavy atom. The zero-order valence-electron chi connectivity index (χ0n) is 12.8. The summed E-state index contributed by atoms with van der Waals surface area (Å²) in [5.41, 5.74) is 0.577. The van der Waals surface area contributed by atoms with Gasteiger partial charge in [0.2, 0.25) is 5.91 Å². The Bertz CT molecular complexity index is 511. The molecule has 1 aromatic carbocycles. The fraction of sp³-hybridized carbons (Fsp3) is 0.500. The van der Waals surface area contributed by atoms with E-state index in [1.165, 1.54) is 0 Å². The number of benzene rings is 1. The summed E-state index contributed by atoms with van der Waals surface area (Å²) in [5.74, 6) is 0.989. The van der Waals surface area contributed by atoms with Crippen LogP contribution in [0, 0.1) is 5.92 Å². The van der Waals surface area contributed by atoms with E-state index in [4.69, 9.17) is 4.74 Å². The smallest absolute Gasteiger partial charge is 0.254 e. The summed E-state index contributed by atoms with van der Waals surface area (Å²) in [5, 5.41) is 2.75. The van der Waals surface area contributed by atoms with Gasteiger partial charge in [-0.1, -0.05) is 13.8 Å². The van der Waals surface area contributed by atoms with Crippen LogP contribution in [0.15, 0.2) is 24.3 Å². The van der Waals surface area contributed by atoms with Gasteiger partial charge in [-0.3, -0.25) is 9.59 Å². The number of ether oxygens (including phenoxy) is 1. The third kappa shape index (κ3) is 3.74. The van der Waals surface area contributed by atoms with E-state index in [9.17, 15) is 9.59 Å². The van der Waals surface area contributed by atoms with Crippen LogP contribution in [0.4, 0.5) is 0 Å². The second-order valence-electron chi connectivity index (χ2n) is 5.69. The van der Waals surface area contributed by atoms with Crippen molar-refractivity contribution in [1.29, 1.82) is 0 Å². The van der Waals surface area contributed by atoms with Crippen molar-refractivity contribution in [2.45, 2.75) is 26.8 Å². The van der Waals surface area contributed by atoms with Crippen LogP contribution in [0.2, 0.25) is 0 Å². The van der Waals surface area contributed by atoms with Gasteiger partial charge in [0.25, 0.3) is 5.91 Å². The van der Waals surface area contributed by atoms with Crippen molar-refractivity contribution in [2.75, 3.05) is 19.7 Å². The molecule has 0 saturated carbocycles. The molecule has 1 aliphatic heterocycles. The van der Waals surface area contributed by atoms with Gasteiger partial charge in [0.05, 0.1) is 6.61 Å². The highest BCUT2D eigenvalue weighted by molar-refractivity contribution is 5.98. The van der Waals surface area contributed by atoms with Crippen molar-refractivity contribution in [3.8, 4) is 5.75 Å². The van der Waals surface area contributed by atoms with Crippen molar-refractivity contribution >= 4 is 11.8 Å². The number of hydrogen-bond acceptors (Lipinski definition) is 3. The quantitative estimate of drug-likeness (QED) is 0.918. The summed E-state index contributed by atoms with van der Waals surface area (Å²) < 4.78 is 5.60. The highest BCUT2D eigenvalue weighted by Crippen LogP contribution is 2.16. The van der Waals surface area contributed by atoms with E-state index in [2.05, 4.69) is 19.2 Å². The van der Waals surface area contributed by atoms with Gasteiger partial charge >= 0.3 is 0 Å². The van der Waals surface area contributed by atoms with Gasteiger partial charge in [0.1, 0.15) is 11.8 Å². The Kier molecular flexibility index (Phi) is 4.83. The number of piperazine rings is 1. The number of nitrogens with one attached hydrogen (secondary N) is 1. The number of carbonyl (C=O) groups is 2. The van der Waals surface area contributed by atoms with Crippen LogP contribution < -0.4 is 10.1 Å². The van der Waals surface area contributed by atoms with Crippen molar-refractivity contribution in [3.05, 3.63) is 29.8 Å². The minimum Gasteiger partial charge on any atom is -0.493 e. The van der Waals surface area contributed by atoms with Crippen LogP contribution in [0.25, 0.3) is 0 Å². The minimum absolute atomic E-state index is 0.105. The predicted octanol–water partition coefficient (Wildman–Crippen LogP) is 1.68. The molecule has 21 heavy (non-hydrogen) atoms. The Morgan fingerprint density at radius 2 is 2.05 bits per heavy atom. The van der Waals surface area contributed by atoms with E-state index in [-0.39, 0.29) is 11.8 Å². The Morgan fingerprint density at radius 1 is 1.38 bits per heavy atom. The Balaban J connectivity index is 2.04. The predicted molar refractivity (Wildman–Crippen MR) is 80.3 cm³/mol. The summed E-state index contributed by atoms with van der Waals surface area (Å²) in [7, 11) is 0. The zero-order valence-corrected chi connectivity index (χ0v) is 12.8. The highest BCUT2D eigenvalue weighted by Gasteiger charge is 2.29. The van der Waals surface area contributed by atoms with Gasteiger partial charge in [-0.2, -0.15) is 0 Å². The van der Waals surface area contributed by atoms with Crippen LogP contribution in [0.3, 0.4) is 0 Å². The molecule has 0 radical (unpaired) electrons. The van der Waals surface area contributed by atoms with Gasteiger partial charge in [-0.25, -0.2) is 0 Å². The van der Waals surface area contributed by atoms with Crippen LogP contribution in [0.1, 0.15) is 31.1 Å². The van der Waals surface area contributed by atoms with Gasteiger partial charge < -0.3 is 15.0 Å². The highest BCUT2D eigenvalue weighted by atomic mass is 16.5. The molecule has 0 bridgehead atoms. The van der Waals surface area contributed by atoms with Crippen molar-refractivity contribution in [2.24, 2.45) is 5.92 Å². The van der Waals surface area contributed by atoms with Crippen LogP contribution in [-0.2, 0) is 4.79 Å². The van der Waals surface area contributed by atoms with Crippen LogP contribution >= 0.6 is 0 Å². The van der Waals surface area contributed by atoms with Gasteiger partial charge in [0, 0.05) is 18.7 Å². The third-order valence-corrected chi connectivity index (χ3v) is 3.44. The summed E-state index contributed by atoms with van der Waals surface area (Å²) in [4.78, 5) is 25.7. The topological polar surface area (TPSA) is 58.6 Å². The van der Waals surface area contributed by atoms with E-state index in [1.807, 2.05) is 0 Å². The molecule has 5 nitrogen and oxygen atoms in total. The first kappa shape index (κ1) is 15.4. The molecule has 0 spiro atoms. The maximum atomic E-state index is 12.4. The molecule has 1 atom stereocenters. The first-order valence-electron chi connectivity index (χ1n) is 7.30. The molecule has 2 amide bonds. The molecule has 1 N–H and O–H groups in total. The number of hydrogen-bond donors (Lipinski definition) is 1. The number of amides is 2. The second kappa shape index (κ2) is 6.61. The standard InChI is InChI=1S/C16H22N2O3/c1-11(2)10-21-14-6-4-13(5-7-14)16(20)18-9-8-17-15(19)12(18)3/h4-7,11-12H,8-10H2,1-3H3,(H,17,19). The largest absolute Gasteiger partial charge is 0.493 e. The SMILES string of the molecule is CC(C)COc1ccc(C(=O)N2CCNC(=O)C2C)cc1. The minimum atomic E-state index is -0.428. The lowest BCUT2D eigenvalue weighted by atomic mass is 10.1. The summed E-state index contributed by atoms with van der Waals surface area (Å²) in [6.07, 6.45) is 0. The van der Waals surface area contributed by atoms with E-state index < -0.39 is 6.04 Å². The first-order chi connectivity index (χ1) is 9.99. The molecular weight excluding hydrogens is 268 g/mol. The van der Waals surface area contributed by atoms with Crippen molar-refractivity contribution < 1.29 is 14.3 Å². The fourth-order valence-corrected chi connectivity index (χ4v) is 2.18. The van der Waals surface area contributed by atoms with Crippen LogP contribution in [0.5, 0.6) is 5.75 Å². The molecule has 1 aliphatic rings. The lowest BCUT2D eigenvalue weighted by molar-refractivity contribution is -0.127. The molecular formula is C16H22N2O3. The molecule has 0 aromatic heterocycles. The first-order valence-corrected chi connectivity index (χ1v) is 7.30. The molecule has 1 unspecified atom stereocenters. The summed E-state index contributed by atoms with van der Waals surface area (Å²) in [6.45, 7) is 7.60. The van der Waals surface area contributed by atoms with Crippen LogP contribution in [-0.4, -0.2) is 42.5 Å². The lowest BCUT2D eigenvalue weighted by Gasteiger charge is -2.32. The van der Waals surface area contributed by atoms with Gasteiger partial charge in [-0.15, -0.1) is 0 Å². The molecule has 1 saturated heterocycles. The average Bonchev–Trinajstić information content (AvgIpc) is 2.48. The molecule has 2 rings (SSSR count). The molecule has 114 valence electrons. The lowest BCUT2D eigenvalue weighted by Crippen LogP contribution is -2.55. The fourth-order valence-electron chi connectivity index (χ4n) is 2.18. The average molecular weight is 290 g/mol. The van der Waals surface area contributed by atoms with Crippen molar-refractivity contribution in [1.82, 2.24) is 10.2 Å². The van der Waals surface area contributed by atoms with Gasteiger partial charge in [-0.05, 0) is 37.1 Å². The number of carbonyl (C=O) groups excluding carboxylic acids is 2. The Labute approximate surface area is 125 Å². The monoisotopic (exact) mass is 290 g/mol. The summed E-state index contributed by atoms with van der Waals surface area (Å²) in [6, 6.07) is 6.66. The summed E-state index contributed by atoms with van der Waals surface area (Å²) >= 11 is 0. The van der Waals surface area contributed by atoms with E-state index in [1.54, 1.807) is 36.1 Å². The Hall–Kier alpha value is -2.04. The van der Waals surface area contributed by atoms with E-state index in [0.29, 0.717) is 31.2 Å². The maximum absolute atomic E-state index is 12.4. The van der Waals surface area contributed by atoms with E-state index >= 15 is 0 Å². The molecule has 0 aliphatic carbocycles. The second-order valence-corrected chi connectivity index (χ2v) is 5.69.